The first-order chi connectivity index (χ1) is 10.4. The summed E-state index contributed by atoms with van der Waals surface area (Å²) in [6.07, 6.45) is -0.0237. The van der Waals surface area contributed by atoms with E-state index < -0.39 is 18.4 Å². The normalized spacial score (nSPS) is 10.5. The number of amides is 2. The van der Waals surface area contributed by atoms with Crippen molar-refractivity contribution in [1.29, 1.82) is 0 Å². The van der Waals surface area contributed by atoms with E-state index in [0.717, 1.165) is 11.3 Å². The lowest BCUT2D eigenvalue weighted by molar-refractivity contribution is -0.117. The summed E-state index contributed by atoms with van der Waals surface area (Å²) in [7, 11) is 0. The van der Waals surface area contributed by atoms with E-state index in [2.05, 4.69) is 15.0 Å². The molecule has 0 fully saturated rings. The van der Waals surface area contributed by atoms with Crippen molar-refractivity contribution in [3.63, 3.8) is 0 Å². The van der Waals surface area contributed by atoms with Crippen LogP contribution in [0.5, 0.6) is 5.75 Å². The number of hydrogen-bond acceptors (Lipinski definition) is 5. The van der Waals surface area contributed by atoms with Gasteiger partial charge >= 0.3 is 6.61 Å². The highest BCUT2D eigenvalue weighted by Gasteiger charge is 2.12. The molecular formula is C13H11F2N3O3S. The molecule has 9 heteroatoms. The molecule has 0 radical (unpaired) electrons. The zero-order valence-electron chi connectivity index (χ0n) is 11.1. The second-order valence-corrected chi connectivity index (χ2v) is 5.01. The average Bonchev–Trinajstić information content (AvgIpc) is 2.84. The first kappa shape index (κ1) is 15.8. The number of carbonyl (C=O) groups is 2. The van der Waals surface area contributed by atoms with Gasteiger partial charge in [-0.15, -0.1) is 11.3 Å². The molecule has 0 unspecified atom stereocenters. The number of nitrogens with zero attached hydrogens (tertiary/aromatic N) is 1. The highest BCUT2D eigenvalue weighted by Crippen LogP contribution is 2.19. The van der Waals surface area contributed by atoms with Crippen LogP contribution in [0.3, 0.4) is 0 Å². The van der Waals surface area contributed by atoms with Crippen LogP contribution in [0.4, 0.5) is 13.9 Å². The molecule has 0 aliphatic carbocycles. The highest BCUT2D eigenvalue weighted by molar-refractivity contribution is 7.14. The van der Waals surface area contributed by atoms with Crippen LogP contribution in [0.2, 0.25) is 0 Å². The van der Waals surface area contributed by atoms with Gasteiger partial charge in [0.2, 0.25) is 5.91 Å². The van der Waals surface area contributed by atoms with Crippen LogP contribution >= 0.6 is 11.3 Å². The summed E-state index contributed by atoms with van der Waals surface area (Å²) in [4.78, 5) is 26.8. The molecule has 2 rings (SSSR count). The van der Waals surface area contributed by atoms with Crippen LogP contribution in [0.15, 0.2) is 29.6 Å². The molecule has 6 nitrogen and oxygen atoms in total. The van der Waals surface area contributed by atoms with Crippen molar-refractivity contribution in [3.05, 3.63) is 40.9 Å². The monoisotopic (exact) mass is 327 g/mol. The van der Waals surface area contributed by atoms with Gasteiger partial charge in [-0.3, -0.25) is 14.9 Å². The molecule has 0 bridgehead atoms. The predicted molar refractivity (Wildman–Crippen MR) is 76.0 cm³/mol. The van der Waals surface area contributed by atoms with Crippen LogP contribution in [0, 0.1) is 0 Å². The summed E-state index contributed by atoms with van der Waals surface area (Å²) >= 11 is 1.13. The van der Waals surface area contributed by atoms with E-state index >= 15 is 0 Å². The molecule has 0 saturated heterocycles. The maximum atomic E-state index is 12.1. The third-order valence-electron chi connectivity index (χ3n) is 2.45. The number of nitrogens with two attached hydrogens (primary N) is 1. The van der Waals surface area contributed by atoms with Crippen molar-refractivity contribution in [1.82, 2.24) is 4.98 Å². The van der Waals surface area contributed by atoms with Gasteiger partial charge in [-0.05, 0) is 18.2 Å². The Morgan fingerprint density at radius 2 is 2.18 bits per heavy atom. The lowest BCUT2D eigenvalue weighted by Crippen LogP contribution is -2.14. The van der Waals surface area contributed by atoms with Crippen LogP contribution in [0.25, 0.3) is 0 Å². The number of thiazole rings is 1. The Balaban J connectivity index is 2.05. The summed E-state index contributed by atoms with van der Waals surface area (Å²) in [5.41, 5.74) is 5.64. The fourth-order valence-electron chi connectivity index (χ4n) is 1.61. The minimum atomic E-state index is -2.96. The third kappa shape index (κ3) is 4.48. The summed E-state index contributed by atoms with van der Waals surface area (Å²) in [6, 6.07) is 5.38. The maximum Gasteiger partial charge on any atom is 0.387 e. The number of hydrogen-bond donors (Lipinski definition) is 2. The van der Waals surface area contributed by atoms with Gasteiger partial charge in [0.25, 0.3) is 5.91 Å². The number of ether oxygens (including phenoxy) is 1. The Bertz CT molecular complexity index is 691. The molecule has 0 aliphatic heterocycles. The van der Waals surface area contributed by atoms with Gasteiger partial charge in [-0.2, -0.15) is 8.78 Å². The predicted octanol–water partition coefficient (Wildman–Crippen LogP) is 2.02. The molecule has 0 saturated carbocycles. The maximum absolute atomic E-state index is 12.1. The van der Waals surface area contributed by atoms with Gasteiger partial charge in [0.15, 0.2) is 5.13 Å². The van der Waals surface area contributed by atoms with Gasteiger partial charge in [0.1, 0.15) is 5.75 Å². The minimum Gasteiger partial charge on any atom is -0.435 e. The van der Waals surface area contributed by atoms with Crippen molar-refractivity contribution < 1.29 is 23.1 Å². The Hall–Kier alpha value is -2.55. The lowest BCUT2D eigenvalue weighted by atomic mass is 10.2. The van der Waals surface area contributed by atoms with Crippen LogP contribution in [-0.2, 0) is 11.2 Å². The average molecular weight is 327 g/mol. The summed E-state index contributed by atoms with van der Waals surface area (Å²) < 4.78 is 28.5. The highest BCUT2D eigenvalue weighted by atomic mass is 32.1. The van der Waals surface area contributed by atoms with Crippen molar-refractivity contribution in [2.45, 2.75) is 13.0 Å². The Labute approximate surface area is 127 Å². The standard InChI is InChI=1S/C13H11F2N3O3S/c14-12(15)21-9-3-1-2-7(4-9)11(20)18-13-17-8(6-22-13)5-10(16)19/h1-4,6,12H,5H2,(H2,16,19)(H,17,18,20). The zero-order chi connectivity index (χ0) is 16.1. The number of anilines is 1. The van der Waals surface area contributed by atoms with Crippen LogP contribution in [0.1, 0.15) is 16.1 Å². The van der Waals surface area contributed by atoms with E-state index in [0.29, 0.717) is 5.69 Å². The number of carbonyl (C=O) groups excluding carboxylic acids is 2. The fraction of sp³-hybridized carbons (Fsp3) is 0.154. The smallest absolute Gasteiger partial charge is 0.387 e. The van der Waals surface area contributed by atoms with E-state index in [1.807, 2.05) is 0 Å². The Morgan fingerprint density at radius 3 is 2.86 bits per heavy atom. The third-order valence-corrected chi connectivity index (χ3v) is 3.26. The largest absolute Gasteiger partial charge is 0.435 e. The van der Waals surface area contributed by atoms with Gasteiger partial charge in [-0.25, -0.2) is 4.98 Å². The van der Waals surface area contributed by atoms with E-state index in [1.54, 1.807) is 5.38 Å². The first-order valence-corrected chi connectivity index (χ1v) is 6.91. The molecule has 1 aromatic heterocycles. The molecule has 22 heavy (non-hydrogen) atoms. The molecule has 1 aromatic carbocycles. The summed E-state index contributed by atoms with van der Waals surface area (Å²) in [5, 5.41) is 4.38. The molecule has 2 amide bonds. The number of halogens is 2. The van der Waals surface area contributed by atoms with E-state index in [4.69, 9.17) is 5.73 Å². The van der Waals surface area contributed by atoms with Gasteiger partial charge in [0.05, 0.1) is 12.1 Å². The van der Waals surface area contributed by atoms with Crippen molar-refractivity contribution in [3.8, 4) is 5.75 Å². The molecule has 0 atom stereocenters. The van der Waals surface area contributed by atoms with Crippen LogP contribution in [-0.4, -0.2) is 23.4 Å². The topological polar surface area (TPSA) is 94.3 Å². The Kier molecular flexibility index (Phi) is 4.99. The molecular weight excluding hydrogens is 316 g/mol. The molecule has 0 aliphatic rings. The second kappa shape index (κ2) is 6.94. The fourth-order valence-corrected chi connectivity index (χ4v) is 2.31. The van der Waals surface area contributed by atoms with Gasteiger partial charge in [0, 0.05) is 10.9 Å². The number of aromatic nitrogens is 1. The Morgan fingerprint density at radius 1 is 1.41 bits per heavy atom. The number of primary amides is 1. The van der Waals surface area contributed by atoms with E-state index in [9.17, 15) is 18.4 Å². The SMILES string of the molecule is NC(=O)Cc1csc(NC(=O)c2cccc(OC(F)F)c2)n1. The zero-order valence-corrected chi connectivity index (χ0v) is 11.9. The molecule has 2 aromatic rings. The van der Waals surface area contributed by atoms with Crippen molar-refractivity contribution in [2.75, 3.05) is 5.32 Å². The molecule has 3 N–H and O–H groups in total. The van der Waals surface area contributed by atoms with Gasteiger partial charge < -0.3 is 10.5 Å². The first-order valence-electron chi connectivity index (χ1n) is 6.03. The van der Waals surface area contributed by atoms with E-state index in [-0.39, 0.29) is 22.9 Å². The second-order valence-electron chi connectivity index (χ2n) is 4.15. The molecule has 0 spiro atoms. The van der Waals surface area contributed by atoms with Crippen LogP contribution < -0.4 is 15.8 Å². The quantitative estimate of drug-likeness (QED) is 0.849. The molecule has 1 heterocycles. The lowest BCUT2D eigenvalue weighted by Gasteiger charge is -2.06. The number of alkyl halides is 2. The van der Waals surface area contributed by atoms with E-state index in [1.165, 1.54) is 24.3 Å². The minimum absolute atomic E-state index is 0.0237. The van der Waals surface area contributed by atoms with Gasteiger partial charge in [-0.1, -0.05) is 6.07 Å². The summed E-state index contributed by atoms with van der Waals surface area (Å²) in [5.74, 6) is -1.17. The summed E-state index contributed by atoms with van der Waals surface area (Å²) in [6.45, 7) is -2.96. The number of nitrogens with one attached hydrogen (secondary N) is 1. The number of benzene rings is 1. The van der Waals surface area contributed by atoms with Crippen molar-refractivity contribution in [2.24, 2.45) is 5.73 Å². The molecule has 116 valence electrons. The number of rotatable bonds is 6. The van der Waals surface area contributed by atoms with Crippen molar-refractivity contribution >= 4 is 28.3 Å².